The van der Waals surface area contributed by atoms with E-state index in [1.54, 1.807) is 27.9 Å². The minimum atomic E-state index is -1.16. The van der Waals surface area contributed by atoms with Crippen LogP contribution in [0.15, 0.2) is 47.5 Å². The first-order valence-corrected chi connectivity index (χ1v) is 13.8. The fourth-order valence-corrected chi connectivity index (χ4v) is 5.24. The number of amidine groups is 1. The lowest BCUT2D eigenvalue weighted by atomic mass is 9.98. The number of carbonyl (C=O) groups is 2. The number of methoxy groups -OCH3 is 1. The minimum absolute atomic E-state index is 0.173. The van der Waals surface area contributed by atoms with Crippen LogP contribution in [0.25, 0.3) is 11.1 Å². The van der Waals surface area contributed by atoms with Crippen LogP contribution >= 0.6 is 0 Å². The number of ether oxygens (including phenoxy) is 3. The summed E-state index contributed by atoms with van der Waals surface area (Å²) in [4.78, 5) is 32.7. The van der Waals surface area contributed by atoms with Crippen LogP contribution in [0.1, 0.15) is 78.2 Å². The van der Waals surface area contributed by atoms with Crippen molar-refractivity contribution in [3.05, 3.63) is 48.0 Å². The second-order valence-corrected chi connectivity index (χ2v) is 10.7. The van der Waals surface area contributed by atoms with Crippen molar-refractivity contribution in [1.29, 1.82) is 0 Å². The van der Waals surface area contributed by atoms with Gasteiger partial charge in [0.25, 0.3) is 5.91 Å². The number of hydrogen-bond donors (Lipinski definition) is 0. The summed E-state index contributed by atoms with van der Waals surface area (Å²) >= 11 is 0. The molecule has 2 aliphatic rings. The summed E-state index contributed by atoms with van der Waals surface area (Å²) in [7, 11) is 1.57. The molecule has 0 atom stereocenters. The van der Waals surface area contributed by atoms with Gasteiger partial charge < -0.3 is 14.2 Å². The first kappa shape index (κ1) is 27.7. The Hall–Kier alpha value is -3.35. The van der Waals surface area contributed by atoms with Crippen molar-refractivity contribution in [3.63, 3.8) is 0 Å². The lowest BCUT2D eigenvalue weighted by molar-refractivity contribution is -0.158. The predicted octanol–water partition coefficient (Wildman–Crippen LogP) is 6.33. The number of carbonyl (C=O) groups excluding carboxylic acids is 2. The highest BCUT2D eigenvalue weighted by molar-refractivity contribution is 6.08. The third-order valence-corrected chi connectivity index (χ3v) is 7.41. The minimum Gasteiger partial charge on any atom is -0.493 e. The summed E-state index contributed by atoms with van der Waals surface area (Å²) in [6.45, 7) is 8.11. The average molecular weight is 521 g/mol. The molecule has 38 heavy (non-hydrogen) atoms. The Morgan fingerprint density at radius 2 is 1.71 bits per heavy atom. The SMILES string of the molecule is CCCCC1=NC2(CCCC2)C(=O)N1Cc1ccc(-c2ccc(OC)c(OC(C)(C)C(=O)OCC)c2)cc1. The van der Waals surface area contributed by atoms with Crippen molar-refractivity contribution >= 4 is 17.7 Å². The van der Waals surface area contributed by atoms with Crippen molar-refractivity contribution in [2.45, 2.75) is 90.3 Å². The Morgan fingerprint density at radius 3 is 2.34 bits per heavy atom. The van der Waals surface area contributed by atoms with Crippen LogP contribution < -0.4 is 9.47 Å². The highest BCUT2D eigenvalue weighted by atomic mass is 16.6. The number of amides is 1. The van der Waals surface area contributed by atoms with Gasteiger partial charge >= 0.3 is 5.97 Å². The number of benzene rings is 2. The molecular formula is C31H40N2O5. The summed E-state index contributed by atoms with van der Waals surface area (Å²) in [5, 5.41) is 0. The maximum absolute atomic E-state index is 13.4. The quantitative estimate of drug-likeness (QED) is 0.324. The number of nitrogens with zero attached hydrogens (tertiary/aromatic N) is 2. The fourth-order valence-electron chi connectivity index (χ4n) is 5.24. The molecule has 1 aliphatic heterocycles. The zero-order chi connectivity index (χ0) is 27.3. The smallest absolute Gasteiger partial charge is 0.349 e. The van der Waals surface area contributed by atoms with E-state index in [1.807, 2.05) is 35.2 Å². The molecule has 1 fully saturated rings. The third kappa shape index (κ3) is 5.71. The van der Waals surface area contributed by atoms with Crippen molar-refractivity contribution in [1.82, 2.24) is 4.90 Å². The molecule has 0 saturated heterocycles. The summed E-state index contributed by atoms with van der Waals surface area (Å²) in [6.07, 6.45) is 6.84. The maximum Gasteiger partial charge on any atom is 0.349 e. The van der Waals surface area contributed by atoms with Crippen LogP contribution in [-0.4, -0.2) is 47.5 Å². The lowest BCUT2D eigenvalue weighted by Gasteiger charge is -2.25. The van der Waals surface area contributed by atoms with E-state index >= 15 is 0 Å². The Labute approximate surface area is 226 Å². The first-order valence-electron chi connectivity index (χ1n) is 13.8. The molecule has 2 aromatic rings. The van der Waals surface area contributed by atoms with Gasteiger partial charge in [0.2, 0.25) is 0 Å². The van der Waals surface area contributed by atoms with Crippen LogP contribution in [0.2, 0.25) is 0 Å². The second-order valence-electron chi connectivity index (χ2n) is 10.7. The number of aliphatic imine (C=N–C) groups is 1. The molecular weight excluding hydrogens is 480 g/mol. The Kier molecular flexibility index (Phi) is 8.44. The van der Waals surface area contributed by atoms with Crippen LogP contribution in [0, 0.1) is 0 Å². The molecule has 1 spiro atoms. The van der Waals surface area contributed by atoms with E-state index in [1.165, 1.54) is 0 Å². The van der Waals surface area contributed by atoms with Gasteiger partial charge in [-0.05, 0) is 68.9 Å². The van der Waals surface area contributed by atoms with Gasteiger partial charge in [-0.2, -0.15) is 0 Å². The van der Waals surface area contributed by atoms with Gasteiger partial charge in [-0.15, -0.1) is 0 Å². The normalized spacial score (nSPS) is 16.6. The van der Waals surface area contributed by atoms with Crippen LogP contribution in [0.5, 0.6) is 11.5 Å². The van der Waals surface area contributed by atoms with Gasteiger partial charge in [0, 0.05) is 6.42 Å². The van der Waals surface area contributed by atoms with Gasteiger partial charge in [0.1, 0.15) is 11.4 Å². The summed E-state index contributed by atoms with van der Waals surface area (Å²) < 4.78 is 16.7. The molecule has 7 heteroatoms. The molecule has 1 saturated carbocycles. The van der Waals surface area contributed by atoms with E-state index in [4.69, 9.17) is 19.2 Å². The zero-order valence-electron chi connectivity index (χ0n) is 23.3. The molecule has 1 heterocycles. The molecule has 4 rings (SSSR count). The van der Waals surface area contributed by atoms with Crippen molar-refractivity contribution < 1.29 is 23.8 Å². The number of esters is 1. The monoisotopic (exact) mass is 520 g/mol. The van der Waals surface area contributed by atoms with Gasteiger partial charge in [-0.25, -0.2) is 4.79 Å². The molecule has 2 aromatic carbocycles. The van der Waals surface area contributed by atoms with E-state index in [0.717, 1.165) is 67.5 Å². The molecule has 0 N–H and O–H groups in total. The van der Waals surface area contributed by atoms with Crippen LogP contribution in [0.4, 0.5) is 0 Å². The average Bonchev–Trinajstić information content (AvgIpc) is 3.48. The van der Waals surface area contributed by atoms with E-state index in [2.05, 4.69) is 19.1 Å². The first-order chi connectivity index (χ1) is 18.2. The van der Waals surface area contributed by atoms with E-state index < -0.39 is 17.1 Å². The summed E-state index contributed by atoms with van der Waals surface area (Å²) in [6, 6.07) is 13.9. The van der Waals surface area contributed by atoms with Gasteiger partial charge in [-0.1, -0.05) is 56.5 Å². The van der Waals surface area contributed by atoms with E-state index in [0.29, 0.717) is 18.0 Å². The van der Waals surface area contributed by atoms with E-state index in [9.17, 15) is 9.59 Å². The van der Waals surface area contributed by atoms with Crippen molar-refractivity contribution in [2.24, 2.45) is 4.99 Å². The van der Waals surface area contributed by atoms with E-state index in [-0.39, 0.29) is 12.5 Å². The highest BCUT2D eigenvalue weighted by Crippen LogP contribution is 2.40. The van der Waals surface area contributed by atoms with Gasteiger partial charge in [-0.3, -0.25) is 14.7 Å². The molecule has 0 radical (unpaired) electrons. The van der Waals surface area contributed by atoms with Crippen LogP contribution in [0.3, 0.4) is 0 Å². The molecule has 1 amide bonds. The topological polar surface area (TPSA) is 77.4 Å². The van der Waals surface area contributed by atoms with Gasteiger partial charge in [0.15, 0.2) is 17.1 Å². The predicted molar refractivity (Wildman–Crippen MR) is 148 cm³/mol. The van der Waals surface area contributed by atoms with Gasteiger partial charge in [0.05, 0.1) is 20.3 Å². The number of hydrogen-bond acceptors (Lipinski definition) is 6. The number of rotatable bonds is 11. The number of unbranched alkanes of at least 4 members (excludes halogenated alkanes) is 1. The Bertz CT molecular complexity index is 1180. The third-order valence-electron chi connectivity index (χ3n) is 7.41. The molecule has 7 nitrogen and oxygen atoms in total. The molecule has 0 unspecified atom stereocenters. The zero-order valence-corrected chi connectivity index (χ0v) is 23.3. The van der Waals surface area contributed by atoms with Crippen LogP contribution in [-0.2, 0) is 20.9 Å². The maximum atomic E-state index is 13.4. The van der Waals surface area contributed by atoms with Crippen molar-refractivity contribution in [3.8, 4) is 22.6 Å². The molecule has 0 bridgehead atoms. The Balaban J connectivity index is 1.53. The summed E-state index contributed by atoms with van der Waals surface area (Å²) in [5.41, 5.74) is 1.31. The lowest BCUT2D eigenvalue weighted by Crippen LogP contribution is -2.40. The fraction of sp³-hybridized carbons (Fsp3) is 0.516. The summed E-state index contributed by atoms with van der Waals surface area (Å²) in [5.74, 6) is 1.69. The molecule has 204 valence electrons. The largest absolute Gasteiger partial charge is 0.493 e. The highest BCUT2D eigenvalue weighted by Gasteiger charge is 2.49. The van der Waals surface area contributed by atoms with Crippen molar-refractivity contribution in [2.75, 3.05) is 13.7 Å². The second kappa shape index (κ2) is 11.6. The standard InChI is InChI=1S/C31H40N2O5/c1-6-8-11-27-32-31(18-9-10-19-31)28(34)33(27)21-22-12-14-23(15-13-22)24-16-17-25(36-5)26(20-24)38-30(3,4)29(35)37-7-2/h12-17,20H,6-11,18-19,21H2,1-5H3. The Morgan fingerprint density at radius 1 is 1.03 bits per heavy atom. The molecule has 1 aliphatic carbocycles. The molecule has 0 aromatic heterocycles.